The quantitative estimate of drug-likeness (QED) is 0.654. The van der Waals surface area contributed by atoms with Crippen LogP contribution in [0.4, 0.5) is 5.69 Å². The summed E-state index contributed by atoms with van der Waals surface area (Å²) in [6.45, 7) is 3.86. The van der Waals surface area contributed by atoms with Crippen LogP contribution in [0.25, 0.3) is 0 Å². The Morgan fingerprint density at radius 3 is 2.54 bits per heavy atom. The van der Waals surface area contributed by atoms with E-state index in [2.05, 4.69) is 6.58 Å². The van der Waals surface area contributed by atoms with Gasteiger partial charge in [-0.2, -0.15) is 0 Å². The highest BCUT2D eigenvalue weighted by Gasteiger charge is 2.50. The number of phenolic OH excluding ortho intramolecular Hbond substituents is 1. The summed E-state index contributed by atoms with van der Waals surface area (Å²) in [4.78, 5) is 26.7. The van der Waals surface area contributed by atoms with Crippen molar-refractivity contribution in [3.63, 3.8) is 0 Å². The summed E-state index contributed by atoms with van der Waals surface area (Å²) < 4.78 is 0. The molecule has 1 atom stereocenters. The molecule has 1 aliphatic heterocycles. The van der Waals surface area contributed by atoms with Crippen molar-refractivity contribution in [2.24, 2.45) is 0 Å². The minimum atomic E-state index is -1.95. The van der Waals surface area contributed by atoms with Crippen LogP contribution >= 0.6 is 0 Å². The van der Waals surface area contributed by atoms with Gasteiger partial charge in [-0.15, -0.1) is 6.58 Å². The third-order valence-electron chi connectivity index (χ3n) is 4.17. The molecule has 0 aliphatic carbocycles. The van der Waals surface area contributed by atoms with Gasteiger partial charge in [0.2, 0.25) is 0 Å². The zero-order chi connectivity index (χ0) is 17.3. The number of aliphatic hydroxyl groups is 1. The van der Waals surface area contributed by atoms with Gasteiger partial charge >= 0.3 is 0 Å². The maximum absolute atomic E-state index is 12.7. The summed E-state index contributed by atoms with van der Waals surface area (Å²) in [6.07, 6.45) is 1.12. The second-order valence-electron chi connectivity index (χ2n) is 5.70. The molecule has 0 saturated heterocycles. The van der Waals surface area contributed by atoms with E-state index in [0.29, 0.717) is 11.3 Å². The van der Waals surface area contributed by atoms with Crippen molar-refractivity contribution in [2.75, 3.05) is 11.4 Å². The topological polar surface area (TPSA) is 77.8 Å². The number of carbonyl (C=O) groups is 2. The number of hydrogen-bond donors (Lipinski definition) is 2. The molecule has 5 nitrogen and oxygen atoms in total. The third-order valence-corrected chi connectivity index (χ3v) is 4.17. The summed E-state index contributed by atoms with van der Waals surface area (Å²) in [5, 5.41) is 20.8. The van der Waals surface area contributed by atoms with Crippen molar-refractivity contribution in [3.8, 4) is 5.75 Å². The van der Waals surface area contributed by atoms with Crippen LogP contribution in [0.3, 0.4) is 0 Å². The average molecular weight is 323 g/mol. The summed E-state index contributed by atoms with van der Waals surface area (Å²) in [7, 11) is 0. The first kappa shape index (κ1) is 16.0. The number of aromatic hydroxyl groups is 1. The van der Waals surface area contributed by atoms with Crippen molar-refractivity contribution < 1.29 is 19.8 Å². The molecule has 0 unspecified atom stereocenters. The number of Topliss-reactive ketones (excluding diaryl/α,β-unsaturated/α-hetero) is 1. The standard InChI is InChI=1S/C19H17NO4/c1-2-11-20-15-9-5-4-8-14(15)19(24,18(20)23)12-17(22)13-7-3-6-10-16(13)21/h2-10,21,24H,1,11-12H2/t19-/m1/s1. The Kier molecular flexibility index (Phi) is 3.95. The monoisotopic (exact) mass is 323 g/mol. The van der Waals surface area contributed by atoms with E-state index in [1.807, 2.05) is 0 Å². The lowest BCUT2D eigenvalue weighted by atomic mass is 9.88. The number of anilines is 1. The van der Waals surface area contributed by atoms with E-state index >= 15 is 0 Å². The number of para-hydroxylation sites is 2. The first-order valence-corrected chi connectivity index (χ1v) is 7.55. The highest BCUT2D eigenvalue weighted by Crippen LogP contribution is 2.43. The SMILES string of the molecule is C=CCN1C(=O)[C@@](O)(CC(=O)c2ccccc2O)c2ccccc21. The van der Waals surface area contributed by atoms with Gasteiger partial charge < -0.3 is 15.1 Å². The van der Waals surface area contributed by atoms with Crippen LogP contribution in [0.1, 0.15) is 22.3 Å². The second-order valence-corrected chi connectivity index (χ2v) is 5.70. The molecule has 0 bridgehead atoms. The third kappa shape index (κ3) is 2.39. The Balaban J connectivity index is 2.00. The Hall–Kier alpha value is -2.92. The predicted octanol–water partition coefficient (Wildman–Crippen LogP) is 2.39. The Morgan fingerprint density at radius 2 is 1.83 bits per heavy atom. The molecule has 5 heteroatoms. The minimum absolute atomic E-state index is 0.0818. The molecule has 1 amide bonds. The second kappa shape index (κ2) is 5.94. The molecule has 0 fully saturated rings. The lowest BCUT2D eigenvalue weighted by Gasteiger charge is -2.22. The molecule has 24 heavy (non-hydrogen) atoms. The smallest absolute Gasteiger partial charge is 0.264 e. The Labute approximate surface area is 139 Å². The molecule has 122 valence electrons. The normalized spacial score (nSPS) is 19.2. The van der Waals surface area contributed by atoms with Gasteiger partial charge in [0.05, 0.1) is 17.7 Å². The van der Waals surface area contributed by atoms with Crippen LogP contribution in [-0.4, -0.2) is 28.4 Å². The van der Waals surface area contributed by atoms with Crippen LogP contribution in [0, 0.1) is 0 Å². The zero-order valence-electron chi connectivity index (χ0n) is 13.0. The van der Waals surface area contributed by atoms with Gasteiger partial charge in [-0.05, 0) is 18.2 Å². The van der Waals surface area contributed by atoms with Gasteiger partial charge in [0.15, 0.2) is 11.4 Å². The van der Waals surface area contributed by atoms with E-state index in [1.165, 1.54) is 17.0 Å². The predicted molar refractivity (Wildman–Crippen MR) is 89.9 cm³/mol. The molecule has 0 spiro atoms. The number of hydrogen-bond acceptors (Lipinski definition) is 4. The largest absolute Gasteiger partial charge is 0.507 e. The molecule has 1 aliphatic rings. The maximum Gasteiger partial charge on any atom is 0.264 e. The van der Waals surface area contributed by atoms with E-state index in [4.69, 9.17) is 0 Å². The Bertz CT molecular complexity index is 830. The minimum Gasteiger partial charge on any atom is -0.507 e. The van der Waals surface area contributed by atoms with E-state index in [-0.39, 0.29) is 17.9 Å². The number of phenols is 1. The molecule has 3 rings (SSSR count). The molecule has 0 radical (unpaired) electrons. The van der Waals surface area contributed by atoms with Crippen LogP contribution in [-0.2, 0) is 10.4 Å². The molecule has 0 saturated carbocycles. The van der Waals surface area contributed by atoms with Gasteiger partial charge in [-0.3, -0.25) is 9.59 Å². The number of nitrogens with zero attached hydrogens (tertiary/aromatic N) is 1. The summed E-state index contributed by atoms with van der Waals surface area (Å²) in [5.74, 6) is -1.24. The van der Waals surface area contributed by atoms with E-state index in [0.717, 1.165) is 0 Å². The van der Waals surface area contributed by atoms with E-state index < -0.39 is 23.7 Å². The molecule has 1 heterocycles. The van der Waals surface area contributed by atoms with Gasteiger partial charge in [0.1, 0.15) is 5.75 Å². The van der Waals surface area contributed by atoms with Crippen LogP contribution in [0.15, 0.2) is 61.2 Å². The van der Waals surface area contributed by atoms with E-state index in [9.17, 15) is 19.8 Å². The molecule has 2 N–H and O–H groups in total. The van der Waals surface area contributed by atoms with Crippen molar-refractivity contribution in [3.05, 3.63) is 72.3 Å². The molecular formula is C19H17NO4. The van der Waals surface area contributed by atoms with Crippen LogP contribution in [0.2, 0.25) is 0 Å². The summed E-state index contributed by atoms with van der Waals surface area (Å²) in [6, 6.07) is 12.9. The molecule has 2 aromatic rings. The summed E-state index contributed by atoms with van der Waals surface area (Å²) in [5.41, 5.74) is -0.909. The lowest BCUT2D eigenvalue weighted by molar-refractivity contribution is -0.135. The van der Waals surface area contributed by atoms with Gasteiger partial charge in [-0.1, -0.05) is 36.4 Å². The van der Waals surface area contributed by atoms with Crippen molar-refractivity contribution in [2.45, 2.75) is 12.0 Å². The van der Waals surface area contributed by atoms with Crippen LogP contribution < -0.4 is 4.90 Å². The first-order chi connectivity index (χ1) is 11.5. The molecule has 0 aromatic heterocycles. The van der Waals surface area contributed by atoms with Crippen molar-refractivity contribution >= 4 is 17.4 Å². The number of fused-ring (bicyclic) bond motifs is 1. The summed E-state index contributed by atoms with van der Waals surface area (Å²) >= 11 is 0. The fourth-order valence-electron chi connectivity index (χ4n) is 3.02. The number of ketones is 1. The number of amides is 1. The number of carbonyl (C=O) groups excluding carboxylic acids is 2. The highest BCUT2D eigenvalue weighted by molar-refractivity contribution is 6.11. The van der Waals surface area contributed by atoms with Gasteiger partial charge in [0.25, 0.3) is 5.91 Å². The van der Waals surface area contributed by atoms with Gasteiger partial charge in [0, 0.05) is 12.1 Å². The van der Waals surface area contributed by atoms with Crippen molar-refractivity contribution in [1.82, 2.24) is 0 Å². The average Bonchev–Trinajstić information content (AvgIpc) is 2.78. The lowest BCUT2D eigenvalue weighted by Crippen LogP contribution is -2.41. The van der Waals surface area contributed by atoms with E-state index in [1.54, 1.807) is 42.5 Å². The van der Waals surface area contributed by atoms with Gasteiger partial charge in [-0.25, -0.2) is 0 Å². The van der Waals surface area contributed by atoms with Crippen LogP contribution in [0.5, 0.6) is 5.75 Å². The first-order valence-electron chi connectivity index (χ1n) is 7.55. The fraction of sp³-hybridized carbons (Fsp3) is 0.158. The zero-order valence-corrected chi connectivity index (χ0v) is 13.0. The molecule has 2 aromatic carbocycles. The Morgan fingerprint density at radius 1 is 1.17 bits per heavy atom. The fourth-order valence-corrected chi connectivity index (χ4v) is 3.02. The molecular weight excluding hydrogens is 306 g/mol. The number of rotatable bonds is 5. The number of benzene rings is 2. The maximum atomic E-state index is 12.7. The van der Waals surface area contributed by atoms with Crippen molar-refractivity contribution in [1.29, 1.82) is 0 Å². The highest BCUT2D eigenvalue weighted by atomic mass is 16.3.